The Bertz CT molecular complexity index is 773. The van der Waals surface area contributed by atoms with Crippen molar-refractivity contribution in [2.75, 3.05) is 32.8 Å². The molecule has 0 unspecified atom stereocenters. The summed E-state index contributed by atoms with van der Waals surface area (Å²) in [6.07, 6.45) is 10.1. The van der Waals surface area contributed by atoms with E-state index >= 15 is 0 Å². The maximum absolute atomic E-state index is 12.7. The van der Waals surface area contributed by atoms with Crippen LogP contribution < -0.4 is 10.8 Å². The van der Waals surface area contributed by atoms with E-state index in [2.05, 4.69) is 15.2 Å². The molecular weight excluding hydrogens is 412 g/mol. The SMILES string of the molecule is O=C(/C=C/c1ccc(CN[C@](CCN2CCOCC2)(C(=O)O)C2CCCCC2)cn1)NO. The molecule has 2 heterocycles. The lowest BCUT2D eigenvalue weighted by Crippen LogP contribution is -2.59. The van der Waals surface area contributed by atoms with Crippen LogP contribution in [0.2, 0.25) is 0 Å². The Morgan fingerprint density at radius 2 is 1.97 bits per heavy atom. The van der Waals surface area contributed by atoms with Crippen LogP contribution in [0.1, 0.15) is 49.8 Å². The molecule has 1 aromatic rings. The number of aliphatic carboxylic acids is 1. The highest BCUT2D eigenvalue weighted by Crippen LogP contribution is 2.36. The number of hydrogen-bond donors (Lipinski definition) is 4. The number of pyridine rings is 1. The molecule has 1 aromatic heterocycles. The zero-order valence-corrected chi connectivity index (χ0v) is 18.5. The number of aromatic nitrogens is 1. The first-order valence-electron chi connectivity index (χ1n) is 11.4. The fourth-order valence-corrected chi connectivity index (χ4v) is 4.65. The van der Waals surface area contributed by atoms with Crippen LogP contribution in [0.25, 0.3) is 6.08 Å². The zero-order valence-electron chi connectivity index (χ0n) is 18.5. The summed E-state index contributed by atoms with van der Waals surface area (Å²) in [4.78, 5) is 30.4. The van der Waals surface area contributed by atoms with Gasteiger partial charge in [-0.25, -0.2) is 5.48 Å². The molecule has 1 amide bonds. The quantitative estimate of drug-likeness (QED) is 0.244. The molecule has 1 aliphatic carbocycles. The van der Waals surface area contributed by atoms with Crippen molar-refractivity contribution in [3.63, 3.8) is 0 Å². The standard InChI is InChI=1S/C23H34N4O5/c28-21(26-31)9-8-20-7-6-18(16-24-20)17-25-23(22(29)30,19-4-2-1-3-5-19)10-11-27-12-14-32-15-13-27/h6-9,16,19,25,31H,1-5,10-15,17H2,(H,26,28)(H,29,30)/b9-8+/t23-/m0/s1. The summed E-state index contributed by atoms with van der Waals surface area (Å²) in [5.41, 5.74) is 2.00. The Kier molecular flexibility index (Phi) is 9.16. The van der Waals surface area contributed by atoms with Crippen LogP contribution in [0.15, 0.2) is 24.4 Å². The van der Waals surface area contributed by atoms with Crippen molar-refractivity contribution < 1.29 is 24.6 Å². The first kappa shape index (κ1) is 24.3. The molecule has 0 bridgehead atoms. The highest BCUT2D eigenvalue weighted by molar-refractivity contribution is 5.90. The van der Waals surface area contributed by atoms with E-state index in [0.717, 1.165) is 50.9 Å². The van der Waals surface area contributed by atoms with E-state index in [-0.39, 0.29) is 5.92 Å². The monoisotopic (exact) mass is 446 g/mol. The third-order valence-electron chi connectivity index (χ3n) is 6.58. The van der Waals surface area contributed by atoms with Crippen LogP contribution in [0.4, 0.5) is 0 Å². The number of carbonyl (C=O) groups excluding carboxylic acids is 1. The van der Waals surface area contributed by atoms with Crippen molar-refractivity contribution >= 4 is 18.0 Å². The molecule has 4 N–H and O–H groups in total. The number of nitrogens with one attached hydrogen (secondary N) is 2. The number of hydroxylamine groups is 1. The van der Waals surface area contributed by atoms with E-state index in [1.54, 1.807) is 12.3 Å². The van der Waals surface area contributed by atoms with Gasteiger partial charge >= 0.3 is 5.97 Å². The molecule has 0 radical (unpaired) electrons. The lowest BCUT2D eigenvalue weighted by atomic mass is 9.72. The minimum absolute atomic E-state index is 0.0990. The second-order valence-electron chi connectivity index (χ2n) is 8.57. The maximum Gasteiger partial charge on any atom is 0.324 e. The van der Waals surface area contributed by atoms with Gasteiger partial charge in [0.15, 0.2) is 0 Å². The Morgan fingerprint density at radius 1 is 1.22 bits per heavy atom. The molecule has 0 spiro atoms. The molecule has 1 atom stereocenters. The number of amides is 1. The third-order valence-corrected chi connectivity index (χ3v) is 6.58. The highest BCUT2D eigenvalue weighted by Gasteiger charge is 2.45. The van der Waals surface area contributed by atoms with Crippen LogP contribution >= 0.6 is 0 Å². The third kappa shape index (κ3) is 6.59. The Labute approximate surface area is 188 Å². The van der Waals surface area contributed by atoms with Crippen molar-refractivity contribution in [3.8, 4) is 0 Å². The molecule has 1 aliphatic heterocycles. The van der Waals surface area contributed by atoms with Gasteiger partial charge in [0.2, 0.25) is 0 Å². The molecule has 3 rings (SSSR count). The predicted octanol–water partition coefficient (Wildman–Crippen LogP) is 1.82. The van der Waals surface area contributed by atoms with Gasteiger partial charge in [0.25, 0.3) is 5.91 Å². The van der Waals surface area contributed by atoms with Gasteiger partial charge in [0, 0.05) is 38.5 Å². The summed E-state index contributed by atoms with van der Waals surface area (Å²) in [7, 11) is 0. The summed E-state index contributed by atoms with van der Waals surface area (Å²) in [5, 5.41) is 22.4. The van der Waals surface area contributed by atoms with Crippen LogP contribution in [-0.4, -0.2) is 70.5 Å². The summed E-state index contributed by atoms with van der Waals surface area (Å²) < 4.78 is 5.43. The van der Waals surface area contributed by atoms with Crippen molar-refractivity contribution in [2.45, 2.75) is 50.6 Å². The summed E-state index contributed by atoms with van der Waals surface area (Å²) in [6.45, 7) is 4.21. The van der Waals surface area contributed by atoms with Gasteiger partial charge in [-0.2, -0.15) is 0 Å². The molecule has 1 saturated carbocycles. The second-order valence-corrected chi connectivity index (χ2v) is 8.57. The lowest BCUT2D eigenvalue weighted by molar-refractivity contribution is -0.149. The van der Waals surface area contributed by atoms with Gasteiger partial charge in [0.05, 0.1) is 18.9 Å². The van der Waals surface area contributed by atoms with Gasteiger partial charge in [0.1, 0.15) is 5.54 Å². The number of morpholine rings is 1. The average Bonchev–Trinajstić information content (AvgIpc) is 2.84. The number of carboxylic acid groups (broad SMARTS) is 1. The van der Waals surface area contributed by atoms with Crippen LogP contribution in [0.3, 0.4) is 0 Å². The minimum Gasteiger partial charge on any atom is -0.480 e. The predicted molar refractivity (Wildman–Crippen MR) is 119 cm³/mol. The first-order valence-corrected chi connectivity index (χ1v) is 11.4. The van der Waals surface area contributed by atoms with E-state index in [0.29, 0.717) is 31.9 Å². The van der Waals surface area contributed by atoms with Crippen LogP contribution in [0, 0.1) is 5.92 Å². The topological polar surface area (TPSA) is 124 Å². The van der Waals surface area contributed by atoms with E-state index in [4.69, 9.17) is 9.94 Å². The van der Waals surface area contributed by atoms with Crippen molar-refractivity contribution in [1.82, 2.24) is 20.7 Å². The Morgan fingerprint density at radius 3 is 2.59 bits per heavy atom. The molecule has 9 nitrogen and oxygen atoms in total. The molecule has 9 heteroatoms. The lowest BCUT2D eigenvalue weighted by Gasteiger charge is -2.41. The van der Waals surface area contributed by atoms with Crippen LogP contribution in [-0.2, 0) is 20.9 Å². The smallest absolute Gasteiger partial charge is 0.324 e. The molecular formula is C23H34N4O5. The van der Waals surface area contributed by atoms with Gasteiger partial charge < -0.3 is 9.84 Å². The zero-order chi connectivity index (χ0) is 22.8. The van der Waals surface area contributed by atoms with Crippen molar-refractivity contribution in [1.29, 1.82) is 0 Å². The molecule has 0 aromatic carbocycles. The number of hydrogen-bond acceptors (Lipinski definition) is 7. The van der Waals surface area contributed by atoms with E-state index < -0.39 is 17.4 Å². The normalized spacial score (nSPS) is 20.2. The highest BCUT2D eigenvalue weighted by atomic mass is 16.5. The van der Waals surface area contributed by atoms with Gasteiger partial charge in [-0.05, 0) is 42.9 Å². The number of nitrogens with zero attached hydrogens (tertiary/aromatic N) is 2. The van der Waals surface area contributed by atoms with E-state index in [9.17, 15) is 14.7 Å². The van der Waals surface area contributed by atoms with Crippen molar-refractivity contribution in [2.24, 2.45) is 5.92 Å². The van der Waals surface area contributed by atoms with Gasteiger partial charge in [-0.15, -0.1) is 0 Å². The van der Waals surface area contributed by atoms with Crippen LogP contribution in [0.5, 0.6) is 0 Å². The largest absolute Gasteiger partial charge is 0.480 e. The maximum atomic E-state index is 12.7. The fourth-order valence-electron chi connectivity index (χ4n) is 4.65. The van der Waals surface area contributed by atoms with Gasteiger partial charge in [-0.3, -0.25) is 30.0 Å². The summed E-state index contributed by atoms with van der Waals surface area (Å²) in [6, 6.07) is 3.63. The average molecular weight is 447 g/mol. The number of ether oxygens (including phenoxy) is 1. The second kappa shape index (κ2) is 12.1. The molecule has 32 heavy (non-hydrogen) atoms. The summed E-state index contributed by atoms with van der Waals surface area (Å²) in [5.74, 6) is -1.31. The minimum atomic E-state index is -0.976. The molecule has 176 valence electrons. The first-order chi connectivity index (χ1) is 15.5. The Hall–Kier alpha value is -2.33. The van der Waals surface area contributed by atoms with Gasteiger partial charge in [-0.1, -0.05) is 25.3 Å². The fraction of sp³-hybridized carbons (Fsp3) is 0.609. The molecule has 2 fully saturated rings. The molecule has 1 saturated heterocycles. The van der Waals surface area contributed by atoms with Crippen molar-refractivity contribution in [3.05, 3.63) is 35.7 Å². The summed E-state index contributed by atoms with van der Waals surface area (Å²) >= 11 is 0. The number of rotatable bonds is 10. The van der Waals surface area contributed by atoms with E-state index in [1.165, 1.54) is 24.1 Å². The molecule has 2 aliphatic rings. The number of carboxylic acids is 1. The van der Waals surface area contributed by atoms with E-state index in [1.807, 2.05) is 6.07 Å². The Balaban J connectivity index is 1.70. The number of carbonyl (C=O) groups is 2.